The Balaban J connectivity index is 2.86. The highest BCUT2D eigenvalue weighted by Gasteiger charge is 2.21. The predicted molar refractivity (Wildman–Crippen MR) is 63.2 cm³/mol. The predicted octanol–water partition coefficient (Wildman–Crippen LogP) is 1.05. The fraction of sp³-hybridized carbons (Fsp3) is 0.571. The van der Waals surface area contributed by atoms with E-state index >= 15 is 0 Å². The number of rotatable bonds is 5. The average Bonchev–Trinajstić information content (AvgIpc) is 2.62. The lowest BCUT2D eigenvalue weighted by molar-refractivity contribution is 0.591. The molecule has 0 amide bonds. The Bertz CT molecular complexity index is 560. The number of thiazole rings is 1. The summed E-state index contributed by atoms with van der Waals surface area (Å²) in [4.78, 5) is 3.89. The number of hydrogen-bond donors (Lipinski definition) is 0. The Morgan fingerprint density at radius 3 is 2.38 bits per heavy atom. The van der Waals surface area contributed by atoms with E-state index in [0.717, 1.165) is 11.3 Å². The summed E-state index contributed by atoms with van der Waals surface area (Å²) in [5, 5.41) is 1.64. The highest BCUT2D eigenvalue weighted by molar-refractivity contribution is 8.14. The SMILES string of the molecule is CCc1csc(S(=O)(=O)CCS(=O)(=O)Cl)n1. The van der Waals surface area contributed by atoms with Crippen molar-refractivity contribution in [1.82, 2.24) is 4.98 Å². The molecule has 0 atom stereocenters. The minimum Gasteiger partial charge on any atom is -0.230 e. The van der Waals surface area contributed by atoms with Gasteiger partial charge in [0.1, 0.15) is 0 Å². The summed E-state index contributed by atoms with van der Waals surface area (Å²) in [7, 11) is -2.48. The molecule has 0 aliphatic carbocycles. The van der Waals surface area contributed by atoms with Crippen LogP contribution in [-0.2, 0) is 25.3 Å². The standard InChI is InChI=1S/C7H10ClNO4S3/c1-2-6-5-14-7(9-6)15(10,11)3-4-16(8,12)13/h5H,2-4H2,1H3. The summed E-state index contributed by atoms with van der Waals surface area (Å²) in [6.45, 7) is 1.86. The van der Waals surface area contributed by atoms with Crippen LogP contribution in [0.2, 0.25) is 0 Å². The van der Waals surface area contributed by atoms with Crippen molar-refractivity contribution in [3.63, 3.8) is 0 Å². The topological polar surface area (TPSA) is 81.2 Å². The van der Waals surface area contributed by atoms with Gasteiger partial charge in [0.05, 0.1) is 17.2 Å². The molecule has 0 aromatic carbocycles. The zero-order valence-corrected chi connectivity index (χ0v) is 11.6. The zero-order valence-electron chi connectivity index (χ0n) is 8.38. The van der Waals surface area contributed by atoms with Crippen LogP contribution < -0.4 is 0 Å². The molecule has 0 aliphatic rings. The van der Waals surface area contributed by atoms with Crippen molar-refractivity contribution in [3.05, 3.63) is 11.1 Å². The van der Waals surface area contributed by atoms with Gasteiger partial charge in [-0.2, -0.15) is 0 Å². The third-order valence-corrected chi connectivity index (χ3v) is 6.27. The Kier molecular flexibility index (Phi) is 4.33. The largest absolute Gasteiger partial charge is 0.233 e. The van der Waals surface area contributed by atoms with Crippen LogP contribution >= 0.6 is 22.0 Å². The van der Waals surface area contributed by atoms with Crippen molar-refractivity contribution in [1.29, 1.82) is 0 Å². The Morgan fingerprint density at radius 2 is 1.94 bits per heavy atom. The lowest BCUT2D eigenvalue weighted by Gasteiger charge is -1.97. The van der Waals surface area contributed by atoms with Gasteiger partial charge in [-0.15, -0.1) is 11.3 Å². The maximum Gasteiger partial charge on any atom is 0.233 e. The first-order valence-electron chi connectivity index (χ1n) is 4.34. The molecule has 0 bridgehead atoms. The third kappa shape index (κ3) is 4.00. The van der Waals surface area contributed by atoms with Crippen molar-refractivity contribution in [2.45, 2.75) is 17.7 Å². The van der Waals surface area contributed by atoms with Gasteiger partial charge in [-0.1, -0.05) is 6.92 Å². The molecule has 1 heterocycles. The zero-order chi connectivity index (χ0) is 12.4. The molecule has 16 heavy (non-hydrogen) atoms. The molecule has 0 spiro atoms. The van der Waals surface area contributed by atoms with Crippen LogP contribution in [0.4, 0.5) is 0 Å². The van der Waals surface area contributed by atoms with Crippen LogP contribution in [0.5, 0.6) is 0 Å². The second kappa shape index (κ2) is 4.99. The van der Waals surface area contributed by atoms with E-state index in [1.807, 2.05) is 6.92 Å². The van der Waals surface area contributed by atoms with E-state index in [1.165, 1.54) is 0 Å². The Hall–Kier alpha value is -0.180. The first kappa shape index (κ1) is 13.9. The van der Waals surface area contributed by atoms with Gasteiger partial charge in [0.25, 0.3) is 0 Å². The molecule has 1 aromatic rings. The minimum atomic E-state index is -3.79. The summed E-state index contributed by atoms with van der Waals surface area (Å²) < 4.78 is 44.5. The van der Waals surface area contributed by atoms with Crippen LogP contribution in [0, 0.1) is 0 Å². The summed E-state index contributed by atoms with van der Waals surface area (Å²) in [5.41, 5.74) is 0.678. The average molecular weight is 304 g/mol. The number of sulfone groups is 1. The van der Waals surface area contributed by atoms with Gasteiger partial charge in [0.2, 0.25) is 23.2 Å². The lowest BCUT2D eigenvalue weighted by atomic mass is 10.4. The van der Waals surface area contributed by atoms with E-state index in [4.69, 9.17) is 10.7 Å². The number of hydrogen-bond acceptors (Lipinski definition) is 6. The van der Waals surface area contributed by atoms with Crippen LogP contribution in [-0.4, -0.2) is 33.3 Å². The van der Waals surface area contributed by atoms with Crippen LogP contribution in [0.3, 0.4) is 0 Å². The summed E-state index contributed by atoms with van der Waals surface area (Å²) in [6.07, 6.45) is 0.639. The molecule has 1 rings (SSSR count). The molecule has 0 saturated heterocycles. The van der Waals surface area contributed by atoms with E-state index in [1.54, 1.807) is 5.38 Å². The molecule has 0 aliphatic heterocycles. The van der Waals surface area contributed by atoms with Crippen molar-refractivity contribution in [2.24, 2.45) is 0 Å². The second-order valence-corrected chi connectivity index (χ2v) is 9.06. The molecular formula is C7H10ClNO4S3. The normalized spacial score (nSPS) is 12.9. The number of nitrogens with zero attached hydrogens (tertiary/aromatic N) is 1. The summed E-state index contributed by atoms with van der Waals surface area (Å²) in [6, 6.07) is 0. The van der Waals surface area contributed by atoms with Crippen molar-refractivity contribution in [3.8, 4) is 0 Å². The van der Waals surface area contributed by atoms with Crippen LogP contribution in [0.1, 0.15) is 12.6 Å². The van der Waals surface area contributed by atoms with Gasteiger partial charge < -0.3 is 0 Å². The Labute approximate surface area is 103 Å². The second-order valence-electron chi connectivity index (χ2n) is 3.02. The minimum absolute atomic E-state index is 0.0512. The number of halogens is 1. The number of aryl methyl sites for hydroxylation is 1. The van der Waals surface area contributed by atoms with Crippen molar-refractivity contribution in [2.75, 3.05) is 11.5 Å². The van der Waals surface area contributed by atoms with Gasteiger partial charge in [0, 0.05) is 16.1 Å². The van der Waals surface area contributed by atoms with E-state index in [0.29, 0.717) is 12.1 Å². The highest BCUT2D eigenvalue weighted by Crippen LogP contribution is 2.18. The molecule has 0 radical (unpaired) electrons. The maximum absolute atomic E-state index is 11.6. The van der Waals surface area contributed by atoms with E-state index in [9.17, 15) is 16.8 Å². The maximum atomic E-state index is 11.6. The smallest absolute Gasteiger partial charge is 0.230 e. The van der Waals surface area contributed by atoms with Gasteiger partial charge in [-0.05, 0) is 6.42 Å². The molecule has 9 heteroatoms. The van der Waals surface area contributed by atoms with Gasteiger partial charge in [0.15, 0.2) is 0 Å². The molecule has 0 unspecified atom stereocenters. The molecule has 5 nitrogen and oxygen atoms in total. The molecule has 0 saturated carbocycles. The van der Waals surface area contributed by atoms with Crippen LogP contribution in [0.15, 0.2) is 9.72 Å². The van der Waals surface area contributed by atoms with E-state index in [-0.39, 0.29) is 4.34 Å². The van der Waals surface area contributed by atoms with Crippen molar-refractivity contribution < 1.29 is 16.8 Å². The van der Waals surface area contributed by atoms with Gasteiger partial charge >= 0.3 is 0 Å². The quantitative estimate of drug-likeness (QED) is 0.759. The molecular weight excluding hydrogens is 294 g/mol. The fourth-order valence-corrected chi connectivity index (χ4v) is 5.17. The molecule has 0 fully saturated rings. The highest BCUT2D eigenvalue weighted by atomic mass is 35.7. The molecule has 92 valence electrons. The van der Waals surface area contributed by atoms with E-state index in [2.05, 4.69) is 4.98 Å². The fourth-order valence-electron chi connectivity index (χ4n) is 0.890. The lowest BCUT2D eigenvalue weighted by Crippen LogP contribution is -2.14. The molecule has 1 aromatic heterocycles. The first-order valence-corrected chi connectivity index (χ1v) is 9.35. The monoisotopic (exact) mass is 303 g/mol. The Morgan fingerprint density at radius 1 is 1.31 bits per heavy atom. The number of aromatic nitrogens is 1. The third-order valence-electron chi connectivity index (χ3n) is 1.75. The van der Waals surface area contributed by atoms with E-state index < -0.39 is 30.4 Å². The van der Waals surface area contributed by atoms with Gasteiger partial charge in [-0.3, -0.25) is 0 Å². The summed E-state index contributed by atoms with van der Waals surface area (Å²) in [5.74, 6) is -1.13. The van der Waals surface area contributed by atoms with Crippen LogP contribution in [0.25, 0.3) is 0 Å². The molecule has 0 N–H and O–H groups in total. The van der Waals surface area contributed by atoms with Gasteiger partial charge in [-0.25, -0.2) is 21.8 Å². The van der Waals surface area contributed by atoms with Crippen molar-refractivity contribution >= 4 is 40.9 Å². The summed E-state index contributed by atoms with van der Waals surface area (Å²) >= 11 is 0.995. The first-order chi connectivity index (χ1) is 7.24.